The third kappa shape index (κ3) is 2.48. The number of hydrogen-bond acceptors (Lipinski definition) is 2. The van der Waals surface area contributed by atoms with Crippen molar-refractivity contribution in [2.45, 2.75) is 20.0 Å². The molecule has 0 fully saturated rings. The fourth-order valence-corrected chi connectivity index (χ4v) is 1.99. The summed E-state index contributed by atoms with van der Waals surface area (Å²) in [4.78, 5) is 11.1. The van der Waals surface area contributed by atoms with Gasteiger partial charge in [0.25, 0.3) is 5.91 Å². The number of nitrogens with zero attached hydrogens (tertiary/aromatic N) is 2. The lowest BCUT2D eigenvalue weighted by Crippen LogP contribution is -2.21. The molecule has 1 amide bonds. The fraction of sp³-hybridized carbons (Fsp3) is 0.231. The first-order valence-corrected chi connectivity index (χ1v) is 5.85. The average molecular weight is 301 g/mol. The van der Waals surface area contributed by atoms with Crippen LogP contribution in [0.5, 0.6) is 0 Å². The van der Waals surface area contributed by atoms with Crippen molar-refractivity contribution < 1.29 is 22.4 Å². The molecule has 0 saturated carbocycles. The molecule has 2 rings (SSSR count). The molecule has 8 heteroatoms. The summed E-state index contributed by atoms with van der Waals surface area (Å²) < 4.78 is 53.4. The van der Waals surface area contributed by atoms with Gasteiger partial charge in [-0.2, -0.15) is 18.3 Å². The Morgan fingerprint density at radius 3 is 2.38 bits per heavy atom. The van der Waals surface area contributed by atoms with Gasteiger partial charge in [0.05, 0.1) is 17.4 Å². The van der Waals surface area contributed by atoms with E-state index in [1.807, 2.05) is 0 Å². The van der Waals surface area contributed by atoms with Gasteiger partial charge in [-0.05, 0) is 37.1 Å². The lowest BCUT2D eigenvalue weighted by atomic mass is 10.1. The van der Waals surface area contributed by atoms with Crippen LogP contribution in [0.25, 0.3) is 5.69 Å². The summed E-state index contributed by atoms with van der Waals surface area (Å²) in [6, 6.07) is 2.22. The van der Waals surface area contributed by atoms with Crippen LogP contribution in [-0.4, -0.2) is 15.7 Å². The van der Waals surface area contributed by atoms with Crippen molar-refractivity contribution in [2.24, 2.45) is 5.73 Å². The van der Waals surface area contributed by atoms with E-state index in [1.165, 1.54) is 19.9 Å². The van der Waals surface area contributed by atoms with Crippen LogP contribution in [0.2, 0.25) is 0 Å². The molecule has 1 aromatic carbocycles. The van der Waals surface area contributed by atoms with Crippen molar-refractivity contribution in [2.75, 3.05) is 0 Å². The number of carbonyl (C=O) groups is 1. The molecule has 0 saturated heterocycles. The summed E-state index contributed by atoms with van der Waals surface area (Å²) in [6.45, 7) is 2.92. The number of nitrogens with two attached hydrogens (primary N) is 1. The first kappa shape index (κ1) is 15.0. The molecule has 0 unspecified atom stereocenters. The summed E-state index contributed by atoms with van der Waals surface area (Å²) in [5.74, 6) is -1.77. The van der Waals surface area contributed by atoms with E-state index < -0.39 is 29.2 Å². The van der Waals surface area contributed by atoms with Gasteiger partial charge in [0.1, 0.15) is 5.82 Å². The van der Waals surface area contributed by atoms with Crippen LogP contribution < -0.4 is 5.73 Å². The van der Waals surface area contributed by atoms with E-state index in [0.717, 1.165) is 12.3 Å². The van der Waals surface area contributed by atoms with Crippen molar-refractivity contribution in [1.82, 2.24) is 9.78 Å². The Hall–Kier alpha value is -2.38. The van der Waals surface area contributed by atoms with Crippen LogP contribution in [0.3, 0.4) is 0 Å². The van der Waals surface area contributed by atoms with Crippen LogP contribution in [-0.2, 0) is 6.18 Å². The molecule has 1 aromatic heterocycles. The van der Waals surface area contributed by atoms with Crippen molar-refractivity contribution in [3.8, 4) is 5.69 Å². The largest absolute Gasteiger partial charge is 0.434 e. The second-order valence-electron chi connectivity index (χ2n) is 4.50. The fourth-order valence-electron chi connectivity index (χ4n) is 1.99. The predicted octanol–water partition coefficient (Wildman–Crippen LogP) is 2.75. The zero-order valence-electron chi connectivity index (χ0n) is 11.1. The third-order valence-electron chi connectivity index (χ3n) is 3.22. The van der Waals surface area contributed by atoms with Crippen LogP contribution in [0.4, 0.5) is 17.6 Å². The number of alkyl halides is 3. The highest BCUT2D eigenvalue weighted by Crippen LogP contribution is 2.34. The molecular formula is C13H11F4N3O. The van der Waals surface area contributed by atoms with E-state index in [4.69, 9.17) is 5.73 Å². The molecule has 2 aromatic rings. The third-order valence-corrected chi connectivity index (χ3v) is 3.22. The normalized spacial score (nSPS) is 11.7. The standard InChI is InChI=1S/C13H11F4N3O/c1-6-7(2)10(4-3-9(6)14)20-11(13(15,16)17)8(5-19-20)12(18)21/h3-5H,1-2H3,(H2,18,21). The Labute approximate surface area is 117 Å². The van der Waals surface area contributed by atoms with E-state index in [0.29, 0.717) is 10.2 Å². The van der Waals surface area contributed by atoms with Crippen molar-refractivity contribution in [3.63, 3.8) is 0 Å². The van der Waals surface area contributed by atoms with Crippen molar-refractivity contribution >= 4 is 5.91 Å². The molecule has 0 aliphatic rings. The number of carbonyl (C=O) groups excluding carboxylic acids is 1. The van der Waals surface area contributed by atoms with E-state index in [1.54, 1.807) is 0 Å². The molecule has 4 nitrogen and oxygen atoms in total. The van der Waals surface area contributed by atoms with Crippen LogP contribution in [0.15, 0.2) is 18.3 Å². The average Bonchev–Trinajstić information content (AvgIpc) is 2.81. The second-order valence-corrected chi connectivity index (χ2v) is 4.50. The number of amides is 1. The maximum atomic E-state index is 13.4. The Kier molecular flexibility index (Phi) is 3.48. The van der Waals surface area contributed by atoms with E-state index in [2.05, 4.69) is 5.10 Å². The Bertz CT molecular complexity index is 719. The minimum Gasteiger partial charge on any atom is -0.365 e. The Morgan fingerprint density at radius 2 is 1.86 bits per heavy atom. The van der Waals surface area contributed by atoms with Gasteiger partial charge in [0.15, 0.2) is 5.69 Å². The summed E-state index contributed by atoms with van der Waals surface area (Å²) in [5, 5.41) is 3.58. The van der Waals surface area contributed by atoms with Gasteiger partial charge in [0.2, 0.25) is 0 Å². The van der Waals surface area contributed by atoms with E-state index in [-0.39, 0.29) is 11.3 Å². The quantitative estimate of drug-likeness (QED) is 0.867. The van der Waals surface area contributed by atoms with Gasteiger partial charge in [-0.3, -0.25) is 4.79 Å². The monoisotopic (exact) mass is 301 g/mol. The minimum absolute atomic E-state index is 0.0359. The number of benzene rings is 1. The molecular weight excluding hydrogens is 290 g/mol. The zero-order chi connectivity index (χ0) is 15.9. The molecule has 0 aliphatic carbocycles. The van der Waals surface area contributed by atoms with Crippen molar-refractivity contribution in [3.05, 3.63) is 46.5 Å². The number of hydrogen-bond donors (Lipinski definition) is 1. The number of primary amides is 1. The molecule has 2 N–H and O–H groups in total. The molecule has 112 valence electrons. The van der Waals surface area contributed by atoms with Crippen LogP contribution in [0, 0.1) is 19.7 Å². The van der Waals surface area contributed by atoms with E-state index in [9.17, 15) is 22.4 Å². The SMILES string of the molecule is Cc1c(F)ccc(-n2ncc(C(N)=O)c2C(F)(F)F)c1C. The maximum Gasteiger partial charge on any atom is 0.434 e. The lowest BCUT2D eigenvalue weighted by molar-refractivity contribution is -0.143. The Morgan fingerprint density at radius 1 is 1.24 bits per heavy atom. The van der Waals surface area contributed by atoms with Gasteiger partial charge < -0.3 is 5.73 Å². The number of aromatic nitrogens is 2. The molecule has 0 atom stereocenters. The van der Waals surface area contributed by atoms with Crippen molar-refractivity contribution in [1.29, 1.82) is 0 Å². The molecule has 1 heterocycles. The second kappa shape index (κ2) is 4.87. The first-order valence-electron chi connectivity index (χ1n) is 5.85. The molecule has 0 bridgehead atoms. The lowest BCUT2D eigenvalue weighted by Gasteiger charge is -2.15. The van der Waals surface area contributed by atoms with Gasteiger partial charge in [-0.25, -0.2) is 9.07 Å². The Balaban J connectivity index is 2.77. The van der Waals surface area contributed by atoms with Gasteiger partial charge in [-0.15, -0.1) is 0 Å². The van der Waals surface area contributed by atoms with Crippen LogP contribution >= 0.6 is 0 Å². The smallest absolute Gasteiger partial charge is 0.365 e. The number of rotatable bonds is 2. The first-order chi connectivity index (χ1) is 9.64. The topological polar surface area (TPSA) is 60.9 Å². The predicted molar refractivity (Wildman–Crippen MR) is 66.5 cm³/mol. The molecule has 0 aliphatic heterocycles. The number of halogens is 4. The van der Waals surface area contributed by atoms with Gasteiger partial charge in [0, 0.05) is 0 Å². The molecule has 21 heavy (non-hydrogen) atoms. The highest BCUT2D eigenvalue weighted by Gasteiger charge is 2.40. The summed E-state index contributed by atoms with van der Waals surface area (Å²) in [5.41, 5.74) is 3.47. The van der Waals surface area contributed by atoms with Gasteiger partial charge in [-0.1, -0.05) is 0 Å². The highest BCUT2D eigenvalue weighted by molar-refractivity contribution is 5.94. The summed E-state index contributed by atoms with van der Waals surface area (Å²) in [7, 11) is 0. The van der Waals surface area contributed by atoms with Crippen LogP contribution in [0.1, 0.15) is 27.2 Å². The van der Waals surface area contributed by atoms with Gasteiger partial charge >= 0.3 is 6.18 Å². The summed E-state index contributed by atoms with van der Waals surface area (Å²) in [6.07, 6.45) is -4.07. The maximum absolute atomic E-state index is 13.4. The zero-order valence-corrected chi connectivity index (χ0v) is 11.1. The molecule has 0 spiro atoms. The van der Waals surface area contributed by atoms with E-state index >= 15 is 0 Å². The highest BCUT2D eigenvalue weighted by atomic mass is 19.4. The summed E-state index contributed by atoms with van der Waals surface area (Å²) >= 11 is 0. The molecule has 0 radical (unpaired) electrons. The minimum atomic E-state index is -4.82.